The van der Waals surface area contributed by atoms with Crippen LogP contribution in [0.1, 0.15) is 50.2 Å². The van der Waals surface area contributed by atoms with Crippen molar-refractivity contribution in [1.82, 2.24) is 4.90 Å². The van der Waals surface area contributed by atoms with Crippen molar-refractivity contribution in [1.29, 1.82) is 0 Å². The molecule has 1 fully saturated rings. The van der Waals surface area contributed by atoms with Crippen molar-refractivity contribution in [3.05, 3.63) is 63.8 Å². The molecule has 4 atom stereocenters. The summed E-state index contributed by atoms with van der Waals surface area (Å²) in [5, 5.41) is 10.9. The van der Waals surface area contributed by atoms with Gasteiger partial charge in [0.05, 0.1) is 11.8 Å². The molecular weight excluding hydrogens is 418 g/mol. The van der Waals surface area contributed by atoms with Gasteiger partial charge in [-0.2, -0.15) is 0 Å². The molecule has 0 bridgehead atoms. The number of phenols is 1. The van der Waals surface area contributed by atoms with Gasteiger partial charge in [0.15, 0.2) is 11.6 Å². The van der Waals surface area contributed by atoms with Crippen LogP contribution in [0.3, 0.4) is 0 Å². The fourth-order valence-electron chi connectivity index (χ4n) is 6.16. The van der Waals surface area contributed by atoms with Crippen LogP contribution in [-0.4, -0.2) is 39.9 Å². The van der Waals surface area contributed by atoms with E-state index < -0.39 is 17.8 Å². The molecule has 3 aliphatic carbocycles. The number of nitrogens with zero attached hydrogens (tertiary/aromatic N) is 1. The molecule has 170 valence electrons. The quantitative estimate of drug-likeness (QED) is 0.437. The smallest absolute Gasteiger partial charge is 0.233 e. The van der Waals surface area contributed by atoms with Crippen LogP contribution in [0.4, 0.5) is 0 Å². The molecule has 0 spiro atoms. The number of likely N-dealkylation sites (tertiary alicyclic amines) is 1. The number of carbonyl (C=O) groups excluding carboxylic acids is 4. The third-order valence-corrected chi connectivity index (χ3v) is 7.68. The second-order valence-corrected chi connectivity index (χ2v) is 9.57. The van der Waals surface area contributed by atoms with E-state index in [1.165, 1.54) is 11.0 Å². The monoisotopic (exact) mass is 445 g/mol. The van der Waals surface area contributed by atoms with Crippen molar-refractivity contribution < 1.29 is 24.3 Å². The summed E-state index contributed by atoms with van der Waals surface area (Å²) in [5.41, 5.74) is 3.30. The van der Waals surface area contributed by atoms with Crippen molar-refractivity contribution in [3.63, 3.8) is 0 Å². The zero-order valence-electron chi connectivity index (χ0n) is 19.1. The average molecular weight is 446 g/mol. The van der Waals surface area contributed by atoms with Gasteiger partial charge in [0.2, 0.25) is 11.8 Å². The van der Waals surface area contributed by atoms with Crippen molar-refractivity contribution in [3.8, 4) is 5.75 Å². The van der Waals surface area contributed by atoms with E-state index in [0.29, 0.717) is 47.2 Å². The van der Waals surface area contributed by atoms with E-state index >= 15 is 0 Å². The highest BCUT2D eigenvalue weighted by Crippen LogP contribution is 2.56. The van der Waals surface area contributed by atoms with E-state index in [9.17, 15) is 24.3 Å². The highest BCUT2D eigenvalue weighted by atomic mass is 16.3. The number of hydrogen-bond donors (Lipinski definition) is 1. The number of ketones is 2. The van der Waals surface area contributed by atoms with Gasteiger partial charge in [-0.15, -0.1) is 0 Å². The van der Waals surface area contributed by atoms with Crippen molar-refractivity contribution in [2.75, 3.05) is 6.54 Å². The Bertz CT molecular complexity index is 1220. The molecule has 5 rings (SSSR count). The lowest BCUT2D eigenvalue weighted by molar-refractivity contribution is -0.140. The molecule has 1 aliphatic heterocycles. The fourth-order valence-corrected chi connectivity index (χ4v) is 6.16. The van der Waals surface area contributed by atoms with Gasteiger partial charge in [-0.1, -0.05) is 36.8 Å². The molecule has 2 amide bonds. The van der Waals surface area contributed by atoms with Crippen LogP contribution < -0.4 is 0 Å². The maximum atomic E-state index is 13.4. The van der Waals surface area contributed by atoms with Gasteiger partial charge in [0.1, 0.15) is 5.75 Å². The van der Waals surface area contributed by atoms with Crippen molar-refractivity contribution >= 4 is 23.4 Å². The first kappa shape index (κ1) is 21.6. The molecule has 0 radical (unpaired) electrons. The summed E-state index contributed by atoms with van der Waals surface area (Å²) in [7, 11) is 0. The van der Waals surface area contributed by atoms with Crippen LogP contribution >= 0.6 is 0 Å². The highest BCUT2D eigenvalue weighted by molar-refractivity contribution is 6.23. The summed E-state index contributed by atoms with van der Waals surface area (Å²) in [6.45, 7) is 5.74. The van der Waals surface area contributed by atoms with Crippen LogP contribution in [0.25, 0.3) is 0 Å². The van der Waals surface area contributed by atoms with E-state index in [1.807, 2.05) is 19.1 Å². The lowest BCUT2D eigenvalue weighted by atomic mass is 9.59. The zero-order chi connectivity index (χ0) is 23.6. The number of hydrogen-bond acceptors (Lipinski definition) is 5. The standard InChI is InChI=1S/C27H27NO5/c1-4-10-28-26(32)17-9-8-15-18(22(17)27(28)33)12-19-23(20(29)11-14(3)25(19)31)21(15)16-7-5-6-13(2)24(16)30/h5-8,11,17-18,21-22,30H,4,9-10,12H2,1-3H3/t17-,18+,21+,22-/m0/s1. The molecule has 1 aromatic carbocycles. The Kier molecular flexibility index (Phi) is 5.00. The molecule has 1 saturated heterocycles. The minimum absolute atomic E-state index is 0.0889. The van der Waals surface area contributed by atoms with E-state index in [2.05, 4.69) is 0 Å². The Balaban J connectivity index is 1.70. The SMILES string of the molecule is CCCN1C(=O)[C@H]2[C@H](CC=C3[C@H](c4cccc(C)c4O)C4=C(C[C@H]32)C(=O)C(C)=CC4=O)C1=O. The second kappa shape index (κ2) is 7.65. The second-order valence-electron chi connectivity index (χ2n) is 9.57. The maximum Gasteiger partial charge on any atom is 0.233 e. The molecular formula is C27H27NO5. The Morgan fingerprint density at radius 1 is 1.06 bits per heavy atom. The Labute approximate surface area is 192 Å². The number of carbonyl (C=O) groups is 4. The molecule has 6 nitrogen and oxygen atoms in total. The number of Topliss-reactive ketones (excluding diaryl/α,β-unsaturated/α-hetero) is 1. The number of para-hydroxylation sites is 1. The van der Waals surface area contributed by atoms with Gasteiger partial charge in [-0.05, 0) is 50.7 Å². The van der Waals surface area contributed by atoms with Gasteiger partial charge in [-0.3, -0.25) is 24.1 Å². The predicted octanol–water partition coefficient (Wildman–Crippen LogP) is 3.54. The number of phenolic OH excluding ortho intramolecular Hbond substituents is 1. The first-order valence-corrected chi connectivity index (χ1v) is 11.6. The number of fused-ring (bicyclic) bond motifs is 3. The number of rotatable bonds is 3. The molecule has 6 heteroatoms. The van der Waals surface area contributed by atoms with Gasteiger partial charge < -0.3 is 5.11 Å². The average Bonchev–Trinajstić information content (AvgIpc) is 3.03. The Hall–Kier alpha value is -3.28. The molecule has 1 aromatic rings. The van der Waals surface area contributed by atoms with Crippen LogP contribution in [0.15, 0.2) is 52.6 Å². The number of aromatic hydroxyl groups is 1. The number of benzene rings is 1. The third-order valence-electron chi connectivity index (χ3n) is 7.68. The summed E-state index contributed by atoms with van der Waals surface area (Å²) < 4.78 is 0. The molecule has 4 aliphatic rings. The van der Waals surface area contributed by atoms with Gasteiger partial charge in [-0.25, -0.2) is 0 Å². The summed E-state index contributed by atoms with van der Waals surface area (Å²) >= 11 is 0. The highest BCUT2D eigenvalue weighted by Gasteiger charge is 2.56. The first-order valence-electron chi connectivity index (χ1n) is 11.6. The topological polar surface area (TPSA) is 91.8 Å². The van der Waals surface area contributed by atoms with Crippen LogP contribution in [0, 0.1) is 24.7 Å². The molecule has 0 unspecified atom stereocenters. The van der Waals surface area contributed by atoms with E-state index in [-0.39, 0.29) is 41.5 Å². The predicted molar refractivity (Wildman–Crippen MR) is 121 cm³/mol. The molecule has 1 heterocycles. The number of allylic oxidation sites excluding steroid dienone is 6. The Morgan fingerprint density at radius 2 is 1.82 bits per heavy atom. The van der Waals surface area contributed by atoms with Gasteiger partial charge in [0, 0.05) is 34.7 Å². The molecule has 1 N–H and O–H groups in total. The van der Waals surface area contributed by atoms with Gasteiger partial charge in [0.25, 0.3) is 0 Å². The molecule has 0 aromatic heterocycles. The van der Waals surface area contributed by atoms with E-state index in [1.54, 1.807) is 26.0 Å². The third kappa shape index (κ3) is 3.00. The largest absolute Gasteiger partial charge is 0.507 e. The lowest BCUT2D eigenvalue weighted by Crippen LogP contribution is -2.39. The molecule has 0 saturated carbocycles. The maximum absolute atomic E-state index is 13.4. The van der Waals surface area contributed by atoms with Crippen molar-refractivity contribution in [2.45, 2.75) is 46.0 Å². The van der Waals surface area contributed by atoms with Gasteiger partial charge >= 0.3 is 0 Å². The Morgan fingerprint density at radius 3 is 2.55 bits per heavy atom. The van der Waals surface area contributed by atoms with E-state index in [4.69, 9.17) is 0 Å². The zero-order valence-corrected chi connectivity index (χ0v) is 19.1. The van der Waals surface area contributed by atoms with Crippen LogP contribution in [-0.2, 0) is 19.2 Å². The van der Waals surface area contributed by atoms with Crippen molar-refractivity contribution in [2.24, 2.45) is 17.8 Å². The fraction of sp³-hybridized carbons (Fsp3) is 0.407. The summed E-state index contributed by atoms with van der Waals surface area (Å²) in [6.07, 6.45) is 4.73. The molecule has 33 heavy (non-hydrogen) atoms. The van der Waals surface area contributed by atoms with Crippen LogP contribution in [0.2, 0.25) is 0 Å². The summed E-state index contributed by atoms with van der Waals surface area (Å²) in [6, 6.07) is 5.39. The summed E-state index contributed by atoms with van der Waals surface area (Å²) in [5.74, 6) is -2.58. The lowest BCUT2D eigenvalue weighted by Gasteiger charge is -2.42. The summed E-state index contributed by atoms with van der Waals surface area (Å²) in [4.78, 5) is 54.1. The van der Waals surface area contributed by atoms with E-state index in [0.717, 1.165) is 5.57 Å². The minimum atomic E-state index is -0.608. The minimum Gasteiger partial charge on any atom is -0.507 e. The number of imide groups is 1. The first-order chi connectivity index (χ1) is 15.8. The number of aryl methyl sites for hydroxylation is 1. The number of amides is 2. The van der Waals surface area contributed by atoms with Crippen LogP contribution in [0.5, 0.6) is 5.75 Å². The normalized spacial score (nSPS) is 29.0.